The average Bonchev–Trinajstić information content (AvgIpc) is 2.37. The number of rotatable bonds is 6. The summed E-state index contributed by atoms with van der Waals surface area (Å²) in [6.07, 6.45) is 2.64. The first-order chi connectivity index (χ1) is 9.02. The molecule has 0 aromatic heterocycles. The summed E-state index contributed by atoms with van der Waals surface area (Å²) in [4.78, 5) is 22.3. The Morgan fingerprint density at radius 3 is 2.58 bits per heavy atom. The number of carbonyl (C=O) groups excluding carboxylic acids is 1. The van der Waals surface area contributed by atoms with Crippen LogP contribution >= 0.6 is 0 Å². The van der Waals surface area contributed by atoms with Crippen molar-refractivity contribution in [2.45, 2.75) is 6.04 Å². The standard InChI is InChI=1S/C13H14FNO4/c1-19-8-11(13(17)18)15-12(16)7-4-9-2-5-10(14)6-3-9/h2-7,11H,8H2,1H3,(H,15,16)(H,17,18)/b7-4+. The summed E-state index contributed by atoms with van der Waals surface area (Å²) in [7, 11) is 1.34. The molecule has 0 saturated carbocycles. The van der Waals surface area contributed by atoms with Crippen LogP contribution in [0.5, 0.6) is 0 Å². The van der Waals surface area contributed by atoms with Gasteiger partial charge in [-0.15, -0.1) is 0 Å². The molecule has 0 aliphatic heterocycles. The van der Waals surface area contributed by atoms with Gasteiger partial charge in [-0.3, -0.25) is 4.79 Å². The van der Waals surface area contributed by atoms with Crippen LogP contribution < -0.4 is 5.32 Å². The first-order valence-electron chi connectivity index (χ1n) is 5.49. The summed E-state index contributed by atoms with van der Waals surface area (Å²) in [6, 6.07) is 4.44. The number of carbonyl (C=O) groups is 2. The minimum atomic E-state index is -1.18. The van der Waals surface area contributed by atoms with Crippen molar-refractivity contribution in [3.63, 3.8) is 0 Å². The maximum Gasteiger partial charge on any atom is 0.328 e. The number of carboxylic acid groups (broad SMARTS) is 1. The van der Waals surface area contributed by atoms with E-state index in [1.54, 1.807) is 0 Å². The quantitative estimate of drug-likeness (QED) is 0.755. The van der Waals surface area contributed by atoms with Gasteiger partial charge in [0.1, 0.15) is 5.82 Å². The number of aliphatic carboxylic acids is 1. The molecule has 0 radical (unpaired) electrons. The van der Waals surface area contributed by atoms with E-state index < -0.39 is 17.9 Å². The predicted octanol–water partition coefficient (Wildman–Crippen LogP) is 1.05. The molecule has 1 atom stereocenters. The minimum absolute atomic E-state index is 0.120. The second kappa shape index (κ2) is 7.27. The van der Waals surface area contributed by atoms with Crippen molar-refractivity contribution >= 4 is 18.0 Å². The molecule has 102 valence electrons. The van der Waals surface area contributed by atoms with Crippen LogP contribution in [0.4, 0.5) is 4.39 Å². The lowest BCUT2D eigenvalue weighted by molar-refractivity contribution is -0.142. The van der Waals surface area contributed by atoms with Gasteiger partial charge >= 0.3 is 5.97 Å². The second-order valence-corrected chi connectivity index (χ2v) is 3.74. The number of amides is 1. The number of benzene rings is 1. The van der Waals surface area contributed by atoms with Crippen molar-refractivity contribution in [1.29, 1.82) is 0 Å². The Balaban J connectivity index is 2.58. The lowest BCUT2D eigenvalue weighted by atomic mass is 10.2. The highest BCUT2D eigenvalue weighted by Gasteiger charge is 2.18. The number of halogens is 1. The number of methoxy groups -OCH3 is 1. The molecule has 0 saturated heterocycles. The third-order valence-corrected chi connectivity index (χ3v) is 2.25. The van der Waals surface area contributed by atoms with Crippen molar-refractivity contribution in [3.05, 3.63) is 41.7 Å². The molecule has 0 aliphatic rings. The first kappa shape index (κ1) is 14.8. The smallest absolute Gasteiger partial charge is 0.328 e. The minimum Gasteiger partial charge on any atom is -0.480 e. The molecule has 1 unspecified atom stereocenters. The van der Waals surface area contributed by atoms with E-state index >= 15 is 0 Å². The summed E-state index contributed by atoms with van der Waals surface area (Å²) in [5.74, 6) is -2.10. The average molecular weight is 267 g/mol. The van der Waals surface area contributed by atoms with Gasteiger partial charge in [0.2, 0.25) is 5.91 Å². The number of nitrogens with one attached hydrogen (secondary N) is 1. The van der Waals surface area contributed by atoms with Crippen molar-refractivity contribution in [2.24, 2.45) is 0 Å². The summed E-state index contributed by atoms with van der Waals surface area (Å²) in [5, 5.41) is 11.1. The fraction of sp³-hybridized carbons (Fsp3) is 0.231. The normalized spacial score (nSPS) is 12.3. The van der Waals surface area contributed by atoms with Gasteiger partial charge in [-0.2, -0.15) is 0 Å². The van der Waals surface area contributed by atoms with Crippen LogP contribution in [-0.2, 0) is 14.3 Å². The van der Waals surface area contributed by atoms with Crippen LogP contribution in [0.1, 0.15) is 5.56 Å². The van der Waals surface area contributed by atoms with E-state index in [1.165, 1.54) is 43.5 Å². The molecule has 5 nitrogen and oxygen atoms in total. The molecule has 0 bridgehead atoms. The van der Waals surface area contributed by atoms with Gasteiger partial charge in [0.25, 0.3) is 0 Å². The Morgan fingerprint density at radius 2 is 2.05 bits per heavy atom. The van der Waals surface area contributed by atoms with E-state index in [4.69, 9.17) is 5.11 Å². The summed E-state index contributed by atoms with van der Waals surface area (Å²) < 4.78 is 17.3. The number of ether oxygens (including phenoxy) is 1. The maximum absolute atomic E-state index is 12.6. The lowest BCUT2D eigenvalue weighted by Crippen LogP contribution is -2.43. The molecule has 1 aromatic carbocycles. The van der Waals surface area contributed by atoms with Crippen LogP contribution in [0.15, 0.2) is 30.3 Å². The van der Waals surface area contributed by atoms with E-state index in [0.717, 1.165) is 0 Å². The fourth-order valence-corrected chi connectivity index (χ4v) is 1.31. The van der Waals surface area contributed by atoms with Gasteiger partial charge in [-0.25, -0.2) is 9.18 Å². The first-order valence-corrected chi connectivity index (χ1v) is 5.49. The molecule has 6 heteroatoms. The Kier molecular flexibility index (Phi) is 5.69. The zero-order valence-corrected chi connectivity index (χ0v) is 10.3. The zero-order valence-electron chi connectivity index (χ0n) is 10.3. The summed E-state index contributed by atoms with van der Waals surface area (Å²) in [5.41, 5.74) is 0.634. The number of hydrogen-bond acceptors (Lipinski definition) is 3. The SMILES string of the molecule is COCC(NC(=O)/C=C/c1ccc(F)cc1)C(=O)O. The maximum atomic E-state index is 12.6. The van der Waals surface area contributed by atoms with Gasteiger partial charge in [-0.05, 0) is 23.8 Å². The third kappa shape index (κ3) is 5.31. The molecular weight excluding hydrogens is 253 g/mol. The fourth-order valence-electron chi connectivity index (χ4n) is 1.31. The van der Waals surface area contributed by atoms with E-state index in [0.29, 0.717) is 5.56 Å². The Bertz CT molecular complexity index is 470. The van der Waals surface area contributed by atoms with Gasteiger partial charge in [0.05, 0.1) is 6.61 Å². The molecule has 0 aliphatic carbocycles. The van der Waals surface area contributed by atoms with Crippen molar-refractivity contribution in [1.82, 2.24) is 5.32 Å². The molecule has 0 heterocycles. The predicted molar refractivity (Wildman–Crippen MR) is 66.9 cm³/mol. The molecule has 1 rings (SSSR count). The number of hydrogen-bond donors (Lipinski definition) is 2. The zero-order chi connectivity index (χ0) is 14.3. The van der Waals surface area contributed by atoms with Crippen LogP contribution in [0.25, 0.3) is 6.08 Å². The Hall–Kier alpha value is -2.21. The molecule has 1 amide bonds. The molecule has 2 N–H and O–H groups in total. The molecule has 0 spiro atoms. The summed E-state index contributed by atoms with van der Waals surface area (Å²) in [6.45, 7) is -0.120. The molecule has 1 aromatic rings. The molecular formula is C13H14FNO4. The Morgan fingerprint density at radius 1 is 1.42 bits per heavy atom. The highest BCUT2D eigenvalue weighted by atomic mass is 19.1. The van der Waals surface area contributed by atoms with Crippen LogP contribution in [-0.4, -0.2) is 36.7 Å². The van der Waals surface area contributed by atoms with Crippen molar-refractivity contribution < 1.29 is 23.8 Å². The van der Waals surface area contributed by atoms with Gasteiger partial charge in [-0.1, -0.05) is 12.1 Å². The topological polar surface area (TPSA) is 75.6 Å². The van der Waals surface area contributed by atoms with Crippen molar-refractivity contribution in [3.8, 4) is 0 Å². The number of carboxylic acids is 1. The largest absolute Gasteiger partial charge is 0.480 e. The van der Waals surface area contributed by atoms with Crippen LogP contribution in [0.2, 0.25) is 0 Å². The second-order valence-electron chi connectivity index (χ2n) is 3.74. The summed E-state index contributed by atoms with van der Waals surface area (Å²) >= 11 is 0. The third-order valence-electron chi connectivity index (χ3n) is 2.25. The van der Waals surface area contributed by atoms with E-state index in [2.05, 4.69) is 10.1 Å². The van der Waals surface area contributed by atoms with E-state index in [1.807, 2.05) is 0 Å². The van der Waals surface area contributed by atoms with Gasteiger partial charge in [0, 0.05) is 13.2 Å². The van der Waals surface area contributed by atoms with Crippen LogP contribution in [0, 0.1) is 5.82 Å². The lowest BCUT2D eigenvalue weighted by Gasteiger charge is -2.11. The highest BCUT2D eigenvalue weighted by molar-refractivity contribution is 5.94. The van der Waals surface area contributed by atoms with Gasteiger partial charge in [0.15, 0.2) is 6.04 Å². The highest BCUT2D eigenvalue weighted by Crippen LogP contribution is 2.04. The van der Waals surface area contributed by atoms with E-state index in [-0.39, 0.29) is 12.4 Å². The molecule has 0 fully saturated rings. The monoisotopic (exact) mass is 267 g/mol. The Labute approximate surface area is 109 Å². The van der Waals surface area contributed by atoms with Crippen LogP contribution in [0.3, 0.4) is 0 Å². The van der Waals surface area contributed by atoms with E-state index in [9.17, 15) is 14.0 Å². The van der Waals surface area contributed by atoms with Crippen molar-refractivity contribution in [2.75, 3.05) is 13.7 Å². The molecule has 19 heavy (non-hydrogen) atoms. The van der Waals surface area contributed by atoms with Gasteiger partial charge < -0.3 is 15.2 Å².